The highest BCUT2D eigenvalue weighted by Gasteiger charge is 2.21. The summed E-state index contributed by atoms with van der Waals surface area (Å²) in [6.07, 6.45) is 6.40. The summed E-state index contributed by atoms with van der Waals surface area (Å²) in [6.45, 7) is 0. The van der Waals surface area contributed by atoms with Crippen LogP contribution in [0.25, 0.3) is 83.8 Å². The Labute approximate surface area is 381 Å². The molecule has 0 saturated heterocycles. The van der Waals surface area contributed by atoms with Gasteiger partial charge in [0, 0.05) is 62.6 Å². The van der Waals surface area contributed by atoms with E-state index in [0.717, 1.165) is 17.2 Å². The van der Waals surface area contributed by atoms with Crippen LogP contribution in [0.3, 0.4) is 0 Å². The van der Waals surface area contributed by atoms with Crippen LogP contribution in [0.15, 0.2) is 128 Å². The lowest BCUT2D eigenvalue weighted by Gasteiger charge is -2.03. The minimum atomic E-state index is -3.40. The number of sulfonamides is 1. The Bertz CT molecular complexity index is 3980. The second-order valence-electron chi connectivity index (χ2n) is 15.1. The van der Waals surface area contributed by atoms with Crippen molar-refractivity contribution in [2.75, 3.05) is 11.0 Å². The summed E-state index contributed by atoms with van der Waals surface area (Å²) in [5.41, 5.74) is 8.66. The topological polar surface area (TPSA) is 325 Å². The largest absolute Gasteiger partial charge is 0.494 e. The second kappa shape index (κ2) is 16.6. The molecule has 0 aliphatic heterocycles. The van der Waals surface area contributed by atoms with Crippen LogP contribution in [-0.2, 0) is 10.0 Å². The molecule has 0 aliphatic carbocycles. The molecule has 12 rings (SSSR count). The lowest BCUT2D eigenvalue weighted by Crippen LogP contribution is -2.18. The molecule has 3 aromatic carbocycles. The molecule has 12 aromatic rings. The third-order valence-electron chi connectivity index (χ3n) is 10.6. The molecule has 0 spiro atoms. The minimum Gasteiger partial charge on any atom is -0.494 e. The van der Waals surface area contributed by atoms with E-state index >= 15 is 0 Å². The van der Waals surface area contributed by atoms with Crippen LogP contribution in [0, 0.1) is 16.7 Å². The molecule has 0 bridgehead atoms. The fraction of sp³-hybridized carbons (Fsp3) is 0.0222. The first-order valence-corrected chi connectivity index (χ1v) is 22.1. The van der Waals surface area contributed by atoms with Gasteiger partial charge in [-0.2, -0.15) is 5.26 Å². The van der Waals surface area contributed by atoms with Crippen LogP contribution < -0.4 is 10.2 Å². The zero-order valence-corrected chi connectivity index (χ0v) is 35.9. The monoisotopic (exact) mass is 926 g/mol. The Kier molecular flexibility index (Phi) is 10.3. The van der Waals surface area contributed by atoms with E-state index in [2.05, 4.69) is 56.0 Å². The van der Waals surface area contributed by atoms with Crippen LogP contribution in [0.5, 0.6) is 17.6 Å². The number of aromatic nitrogens is 12. The van der Waals surface area contributed by atoms with Gasteiger partial charge < -0.3 is 30.3 Å². The van der Waals surface area contributed by atoms with Crippen molar-refractivity contribution in [3.63, 3.8) is 0 Å². The SMILES string of the molecule is CS(=O)(=O)Nc1ccc2[nH]c(O)c(-c3nc4ccccn4n3)c2c1.N#Cc1ccc2[nH]c(O)c(-c3nc4ccccn4n3)c2c1.N=C(NO)c1ccc2[nH]c(O)c(-c3nc4ccccn4n3)c2c1. The quantitative estimate of drug-likeness (QED) is 0.0497. The molecule has 0 fully saturated rings. The van der Waals surface area contributed by atoms with Gasteiger partial charge in [0.1, 0.15) is 5.84 Å². The highest BCUT2D eigenvalue weighted by Crippen LogP contribution is 2.38. The maximum atomic E-state index is 11.4. The van der Waals surface area contributed by atoms with Crippen molar-refractivity contribution < 1.29 is 28.9 Å². The molecule has 0 radical (unpaired) electrons. The standard InChI is InChI=1S/C15H12N6O2.C15H13N5O3S.C15H9N5O/c16-13(20-23)8-4-5-10-9(7-8)12(15(22)17-10)14-18-11-3-1-2-6-21(11)19-14;1-24(22,23)19-9-5-6-11-10(8-9)13(15(21)16-11)14-17-12-4-2-3-7-20(12)18-14;16-8-9-4-5-11-10(7-9)13(15(21)17-11)14-18-12-3-1-2-6-20(12)19-14/h1-7,17,22-23H,(H2,16,20);2-8,16,19,21H,1H3;1-7,17,21H. The number of hydrogen-bond donors (Lipinski definition) is 10. The number of aromatic hydroxyl groups is 3. The van der Waals surface area contributed by atoms with Crippen molar-refractivity contribution in [3.05, 3.63) is 139 Å². The van der Waals surface area contributed by atoms with Crippen molar-refractivity contribution in [3.8, 4) is 57.9 Å². The van der Waals surface area contributed by atoms with Gasteiger partial charge in [0.25, 0.3) is 0 Å². The Morgan fingerprint density at radius 3 is 1.47 bits per heavy atom. The molecule has 10 N–H and O–H groups in total. The number of hydrogen-bond acceptors (Lipinski definition) is 14. The minimum absolute atomic E-state index is 0.00371. The second-order valence-corrected chi connectivity index (χ2v) is 16.9. The number of benzene rings is 3. The van der Waals surface area contributed by atoms with Crippen molar-refractivity contribution in [2.45, 2.75) is 0 Å². The summed E-state index contributed by atoms with van der Waals surface area (Å²) in [6, 6.07) is 33.8. The third kappa shape index (κ3) is 7.91. The summed E-state index contributed by atoms with van der Waals surface area (Å²) < 4.78 is 30.1. The summed E-state index contributed by atoms with van der Waals surface area (Å²) in [7, 11) is -3.40. The number of rotatable bonds is 6. The molecular formula is C45H34N16O6S. The van der Waals surface area contributed by atoms with Gasteiger partial charge in [0.2, 0.25) is 27.7 Å². The number of anilines is 1. The van der Waals surface area contributed by atoms with Gasteiger partial charge >= 0.3 is 0 Å². The first kappa shape index (κ1) is 42.2. The Hall–Kier alpha value is -9.79. The summed E-state index contributed by atoms with van der Waals surface area (Å²) in [5.74, 6) is 0.883. The van der Waals surface area contributed by atoms with E-state index in [0.29, 0.717) is 89.7 Å². The van der Waals surface area contributed by atoms with E-state index < -0.39 is 10.0 Å². The van der Waals surface area contributed by atoms with E-state index in [9.17, 15) is 23.7 Å². The zero-order chi connectivity index (χ0) is 47.3. The van der Waals surface area contributed by atoms with Crippen molar-refractivity contribution >= 4 is 71.2 Å². The Balaban J connectivity index is 0.000000119. The smallest absolute Gasteiger partial charge is 0.229 e. The molecular weight excluding hydrogens is 893 g/mol. The Morgan fingerprint density at radius 2 is 1.04 bits per heavy atom. The fourth-order valence-corrected chi connectivity index (χ4v) is 8.15. The summed E-state index contributed by atoms with van der Waals surface area (Å²) >= 11 is 0. The number of aromatic amines is 3. The lowest BCUT2D eigenvalue weighted by molar-refractivity contribution is 0.234. The van der Waals surface area contributed by atoms with E-state index in [-0.39, 0.29) is 23.5 Å². The van der Waals surface area contributed by atoms with E-state index in [1.165, 1.54) is 0 Å². The molecule has 0 aliphatic rings. The molecule has 0 atom stereocenters. The highest BCUT2D eigenvalue weighted by molar-refractivity contribution is 7.92. The molecule has 9 heterocycles. The van der Waals surface area contributed by atoms with Crippen molar-refractivity contribution in [1.29, 1.82) is 10.7 Å². The molecule has 0 unspecified atom stereocenters. The molecule has 9 aromatic heterocycles. The predicted octanol–water partition coefficient (Wildman–Crippen LogP) is 6.30. The maximum Gasteiger partial charge on any atom is 0.229 e. The molecule has 0 amide bonds. The molecule has 0 saturated carbocycles. The van der Waals surface area contributed by atoms with Gasteiger partial charge in [-0.1, -0.05) is 18.2 Å². The third-order valence-corrected chi connectivity index (χ3v) is 11.2. The number of pyridine rings is 3. The maximum absolute atomic E-state index is 11.4. The van der Waals surface area contributed by atoms with Crippen LogP contribution in [0.4, 0.5) is 5.69 Å². The van der Waals surface area contributed by atoms with Gasteiger partial charge in [-0.15, -0.1) is 15.3 Å². The molecule has 23 heteroatoms. The number of H-pyrrole nitrogens is 3. The number of nitriles is 1. The highest BCUT2D eigenvalue weighted by atomic mass is 32.2. The van der Waals surface area contributed by atoms with E-state index in [4.69, 9.17) is 15.9 Å². The van der Waals surface area contributed by atoms with Crippen LogP contribution in [0.2, 0.25) is 0 Å². The summed E-state index contributed by atoms with van der Waals surface area (Å²) in [5, 5.41) is 71.3. The van der Waals surface area contributed by atoms with Crippen LogP contribution in [0.1, 0.15) is 11.1 Å². The normalized spacial score (nSPS) is 11.4. The van der Waals surface area contributed by atoms with Crippen molar-refractivity contribution in [2.24, 2.45) is 0 Å². The number of nitrogens with one attached hydrogen (secondary N) is 6. The van der Waals surface area contributed by atoms with Crippen LogP contribution in [-0.4, -0.2) is 99.8 Å². The van der Waals surface area contributed by atoms with Crippen LogP contribution >= 0.6 is 0 Å². The van der Waals surface area contributed by atoms with Gasteiger partial charge in [0.15, 0.2) is 34.4 Å². The van der Waals surface area contributed by atoms with E-state index in [1.54, 1.807) is 92.8 Å². The zero-order valence-electron chi connectivity index (χ0n) is 35.1. The first-order chi connectivity index (χ1) is 32.8. The lowest BCUT2D eigenvalue weighted by atomic mass is 10.1. The Morgan fingerprint density at radius 1 is 0.618 bits per heavy atom. The molecule has 336 valence electrons. The fourth-order valence-electron chi connectivity index (χ4n) is 7.59. The number of nitrogens with zero attached hydrogens (tertiary/aromatic N) is 10. The molecule has 68 heavy (non-hydrogen) atoms. The first-order valence-electron chi connectivity index (χ1n) is 20.2. The molecule has 22 nitrogen and oxygen atoms in total. The van der Waals surface area contributed by atoms with Gasteiger partial charge in [-0.25, -0.2) is 36.9 Å². The summed E-state index contributed by atoms with van der Waals surface area (Å²) in [4.78, 5) is 21.8. The van der Waals surface area contributed by atoms with Gasteiger partial charge in [-0.3, -0.25) is 20.8 Å². The predicted molar refractivity (Wildman–Crippen MR) is 251 cm³/mol. The average molecular weight is 927 g/mol. The number of hydroxylamine groups is 1. The number of amidine groups is 1. The van der Waals surface area contributed by atoms with Gasteiger partial charge in [0.05, 0.1) is 34.6 Å². The average Bonchev–Trinajstić information content (AvgIpc) is 4.19. The van der Waals surface area contributed by atoms with Crippen molar-refractivity contribution in [1.82, 2.24) is 64.2 Å². The van der Waals surface area contributed by atoms with E-state index in [1.807, 2.05) is 54.0 Å². The van der Waals surface area contributed by atoms with Gasteiger partial charge in [-0.05, 0) is 91.0 Å². The number of fused-ring (bicyclic) bond motifs is 6.